The number of hydrogen-bond donors (Lipinski definition) is 2. The van der Waals surface area contributed by atoms with Crippen molar-refractivity contribution in [1.29, 1.82) is 0 Å². The van der Waals surface area contributed by atoms with E-state index in [9.17, 15) is 4.79 Å². The molecular weight excluding hydrogens is 292 g/mol. The van der Waals surface area contributed by atoms with Crippen LogP contribution in [-0.2, 0) is 9.59 Å². The van der Waals surface area contributed by atoms with E-state index in [0.29, 0.717) is 0 Å². The zero-order valence-electron chi connectivity index (χ0n) is 12.7. The van der Waals surface area contributed by atoms with Crippen molar-refractivity contribution >= 4 is 29.7 Å². The molecule has 0 aliphatic heterocycles. The van der Waals surface area contributed by atoms with Gasteiger partial charge in [-0.2, -0.15) is 0 Å². The van der Waals surface area contributed by atoms with Gasteiger partial charge in [-0.3, -0.25) is 9.59 Å². The lowest BCUT2D eigenvalue weighted by molar-refractivity contribution is -0.134. The van der Waals surface area contributed by atoms with Crippen LogP contribution in [0.15, 0.2) is 18.2 Å². The molecule has 0 fully saturated rings. The molecule has 0 bridgehead atoms. The summed E-state index contributed by atoms with van der Waals surface area (Å²) < 4.78 is 0. The number of carboxylic acids is 1. The van der Waals surface area contributed by atoms with Crippen LogP contribution in [-0.4, -0.2) is 42.0 Å². The fourth-order valence-corrected chi connectivity index (χ4v) is 1.72. The molecule has 6 heteroatoms. The summed E-state index contributed by atoms with van der Waals surface area (Å²) in [6.07, 6.45) is 1.89. The number of benzene rings is 1. The minimum atomic E-state index is -0.833. The summed E-state index contributed by atoms with van der Waals surface area (Å²) in [5.74, 6) is -0.833. The molecule has 2 N–H and O–H groups in total. The van der Waals surface area contributed by atoms with Gasteiger partial charge in [-0.1, -0.05) is 18.5 Å². The summed E-state index contributed by atoms with van der Waals surface area (Å²) in [6.45, 7) is 7.40. The minimum Gasteiger partial charge on any atom is -0.481 e. The summed E-state index contributed by atoms with van der Waals surface area (Å²) in [7, 11) is 0. The number of carbonyl (C=O) groups is 2. The standard InChI is InChI=1S/C13H19ClN2O.C2H4O2/c1-3-7-16(10-17)8-6-15-12-4-5-13(14)11(2)9-12;1-2(3)4/h4-5,9-10,15H,3,6-8H2,1-2H3;1H3,(H,3,4). The van der Waals surface area contributed by atoms with E-state index in [2.05, 4.69) is 12.2 Å². The predicted octanol–water partition coefficient (Wildman–Crippen LogP) is 3.02. The molecule has 0 aromatic heterocycles. The molecule has 1 aromatic carbocycles. The summed E-state index contributed by atoms with van der Waals surface area (Å²) in [5.41, 5.74) is 2.09. The van der Waals surface area contributed by atoms with Gasteiger partial charge >= 0.3 is 0 Å². The number of rotatable bonds is 7. The zero-order chi connectivity index (χ0) is 16.3. The van der Waals surface area contributed by atoms with E-state index < -0.39 is 5.97 Å². The number of nitrogens with one attached hydrogen (secondary N) is 1. The number of carboxylic acid groups (broad SMARTS) is 1. The van der Waals surface area contributed by atoms with Gasteiger partial charge in [0.1, 0.15) is 0 Å². The summed E-state index contributed by atoms with van der Waals surface area (Å²) in [6, 6.07) is 5.83. The Labute approximate surface area is 130 Å². The van der Waals surface area contributed by atoms with Crippen LogP contribution in [0.1, 0.15) is 25.8 Å². The molecule has 5 nitrogen and oxygen atoms in total. The molecule has 0 aliphatic carbocycles. The third-order valence-corrected chi connectivity index (χ3v) is 2.97. The Balaban J connectivity index is 0.000000885. The van der Waals surface area contributed by atoms with Crippen LogP contribution >= 0.6 is 11.6 Å². The number of nitrogens with zero attached hydrogens (tertiary/aromatic N) is 1. The predicted molar refractivity (Wildman–Crippen MR) is 85.9 cm³/mol. The number of aryl methyl sites for hydroxylation is 1. The fourth-order valence-electron chi connectivity index (χ4n) is 1.60. The normalized spacial score (nSPS) is 9.33. The van der Waals surface area contributed by atoms with Gasteiger partial charge in [-0.25, -0.2) is 0 Å². The minimum absolute atomic E-state index is 0.721. The van der Waals surface area contributed by atoms with Crippen LogP contribution in [0, 0.1) is 6.92 Å². The second kappa shape index (κ2) is 11.0. The molecule has 1 aromatic rings. The smallest absolute Gasteiger partial charge is 0.300 e. The molecule has 118 valence electrons. The maximum atomic E-state index is 10.7. The number of aliphatic carboxylic acids is 1. The Morgan fingerprint density at radius 2 is 2.05 bits per heavy atom. The summed E-state index contributed by atoms with van der Waals surface area (Å²) >= 11 is 5.95. The third-order valence-electron chi connectivity index (χ3n) is 2.55. The Morgan fingerprint density at radius 3 is 2.52 bits per heavy atom. The number of anilines is 1. The lowest BCUT2D eigenvalue weighted by Crippen LogP contribution is -2.28. The highest BCUT2D eigenvalue weighted by atomic mass is 35.5. The maximum absolute atomic E-state index is 10.7. The van der Waals surface area contributed by atoms with E-state index >= 15 is 0 Å². The molecule has 0 aliphatic rings. The van der Waals surface area contributed by atoms with Crippen LogP contribution in [0.5, 0.6) is 0 Å². The molecular formula is C15H23ClN2O3. The molecule has 0 saturated carbocycles. The molecule has 0 unspecified atom stereocenters. The largest absolute Gasteiger partial charge is 0.481 e. The van der Waals surface area contributed by atoms with Gasteiger partial charge in [0.05, 0.1) is 0 Å². The Morgan fingerprint density at radius 1 is 1.43 bits per heavy atom. The highest BCUT2D eigenvalue weighted by Crippen LogP contribution is 2.19. The Bertz CT molecular complexity index is 449. The van der Waals surface area contributed by atoms with Gasteiger partial charge in [-0.15, -0.1) is 0 Å². The van der Waals surface area contributed by atoms with E-state index in [0.717, 1.165) is 55.7 Å². The maximum Gasteiger partial charge on any atom is 0.300 e. The van der Waals surface area contributed by atoms with Crippen LogP contribution in [0.4, 0.5) is 5.69 Å². The average Bonchev–Trinajstić information content (AvgIpc) is 2.41. The summed E-state index contributed by atoms with van der Waals surface area (Å²) in [5, 5.41) is 11.5. The second-order valence-corrected chi connectivity index (χ2v) is 4.96. The van der Waals surface area contributed by atoms with Gasteiger partial charge < -0.3 is 15.3 Å². The Hall–Kier alpha value is -1.75. The van der Waals surface area contributed by atoms with E-state index in [-0.39, 0.29) is 0 Å². The van der Waals surface area contributed by atoms with Crippen molar-refractivity contribution in [1.82, 2.24) is 4.90 Å². The van der Waals surface area contributed by atoms with Crippen LogP contribution in [0.3, 0.4) is 0 Å². The van der Waals surface area contributed by atoms with Crippen molar-refractivity contribution in [2.75, 3.05) is 25.0 Å². The monoisotopic (exact) mass is 314 g/mol. The molecule has 1 rings (SSSR count). The van der Waals surface area contributed by atoms with Crippen molar-refractivity contribution in [2.45, 2.75) is 27.2 Å². The van der Waals surface area contributed by atoms with Crippen LogP contribution in [0.25, 0.3) is 0 Å². The van der Waals surface area contributed by atoms with Crippen molar-refractivity contribution in [3.05, 3.63) is 28.8 Å². The van der Waals surface area contributed by atoms with Gasteiger partial charge in [0.25, 0.3) is 5.97 Å². The van der Waals surface area contributed by atoms with Crippen molar-refractivity contribution in [3.8, 4) is 0 Å². The van der Waals surface area contributed by atoms with E-state index in [4.69, 9.17) is 21.5 Å². The van der Waals surface area contributed by atoms with Crippen molar-refractivity contribution in [3.63, 3.8) is 0 Å². The number of amides is 1. The highest BCUT2D eigenvalue weighted by Gasteiger charge is 2.00. The average molecular weight is 315 g/mol. The van der Waals surface area contributed by atoms with Gasteiger partial charge in [0.15, 0.2) is 0 Å². The third kappa shape index (κ3) is 9.73. The first-order valence-corrected chi connectivity index (χ1v) is 7.17. The molecule has 21 heavy (non-hydrogen) atoms. The lowest BCUT2D eigenvalue weighted by Gasteiger charge is -2.17. The number of halogens is 1. The quantitative estimate of drug-likeness (QED) is 0.759. The lowest BCUT2D eigenvalue weighted by atomic mass is 10.2. The zero-order valence-corrected chi connectivity index (χ0v) is 13.5. The fraction of sp³-hybridized carbons (Fsp3) is 0.467. The molecule has 0 heterocycles. The van der Waals surface area contributed by atoms with Crippen LogP contribution < -0.4 is 5.32 Å². The summed E-state index contributed by atoms with van der Waals surface area (Å²) in [4.78, 5) is 21.5. The first-order chi connectivity index (χ1) is 9.90. The van der Waals surface area contributed by atoms with Gasteiger partial charge in [-0.05, 0) is 37.1 Å². The molecule has 0 saturated heterocycles. The van der Waals surface area contributed by atoms with E-state index in [1.54, 1.807) is 4.90 Å². The topological polar surface area (TPSA) is 69.6 Å². The highest BCUT2D eigenvalue weighted by molar-refractivity contribution is 6.31. The van der Waals surface area contributed by atoms with E-state index in [1.165, 1.54) is 0 Å². The van der Waals surface area contributed by atoms with E-state index in [1.807, 2.05) is 25.1 Å². The van der Waals surface area contributed by atoms with Gasteiger partial charge in [0, 0.05) is 37.3 Å². The molecule has 0 spiro atoms. The second-order valence-electron chi connectivity index (χ2n) is 4.55. The molecule has 1 amide bonds. The van der Waals surface area contributed by atoms with Crippen molar-refractivity contribution in [2.24, 2.45) is 0 Å². The first kappa shape index (κ1) is 19.2. The Kier molecular flexibility index (Phi) is 10.1. The first-order valence-electron chi connectivity index (χ1n) is 6.79. The molecule has 0 atom stereocenters. The SMILES string of the molecule is CC(=O)O.CCCN(C=O)CCNc1ccc(Cl)c(C)c1. The number of hydrogen-bond acceptors (Lipinski definition) is 3. The van der Waals surface area contributed by atoms with Gasteiger partial charge in [0.2, 0.25) is 6.41 Å². The number of carbonyl (C=O) groups excluding carboxylic acids is 1. The molecule has 0 radical (unpaired) electrons. The van der Waals surface area contributed by atoms with Crippen LogP contribution in [0.2, 0.25) is 5.02 Å². The van der Waals surface area contributed by atoms with Crippen molar-refractivity contribution < 1.29 is 14.7 Å².